The average molecular weight is 328 g/mol. The van der Waals surface area contributed by atoms with Crippen LogP contribution in [-0.2, 0) is 20.9 Å². The molecule has 1 aromatic carbocycles. The summed E-state index contributed by atoms with van der Waals surface area (Å²) in [6.45, 7) is 1.69. The zero-order valence-corrected chi connectivity index (χ0v) is 13.4. The van der Waals surface area contributed by atoms with Crippen molar-refractivity contribution < 1.29 is 18.8 Å². The third-order valence-electron chi connectivity index (χ3n) is 4.43. The average Bonchev–Trinajstić information content (AvgIpc) is 3.28. The van der Waals surface area contributed by atoms with Crippen LogP contribution in [0.4, 0.5) is 0 Å². The molecule has 0 bridgehead atoms. The molecule has 126 valence electrons. The summed E-state index contributed by atoms with van der Waals surface area (Å²) >= 11 is 0. The van der Waals surface area contributed by atoms with E-state index in [-0.39, 0.29) is 5.79 Å². The Morgan fingerprint density at radius 2 is 1.83 bits per heavy atom. The van der Waals surface area contributed by atoms with Gasteiger partial charge in [-0.3, -0.25) is 0 Å². The van der Waals surface area contributed by atoms with Crippen molar-refractivity contribution in [1.82, 2.24) is 5.16 Å². The predicted octanol–water partition coefficient (Wildman–Crippen LogP) is 3.53. The van der Waals surface area contributed by atoms with Gasteiger partial charge in [-0.2, -0.15) is 0 Å². The van der Waals surface area contributed by atoms with Crippen LogP contribution in [0.25, 0.3) is 11.3 Å². The molecule has 1 spiro atoms. The van der Waals surface area contributed by atoms with E-state index in [0.717, 1.165) is 48.4 Å². The van der Waals surface area contributed by atoms with Crippen molar-refractivity contribution >= 4 is 5.71 Å². The first kappa shape index (κ1) is 15.4. The molecular formula is C18H20N2O4. The van der Waals surface area contributed by atoms with Gasteiger partial charge in [0, 0.05) is 24.5 Å². The van der Waals surface area contributed by atoms with E-state index in [2.05, 4.69) is 10.3 Å². The topological polar surface area (TPSA) is 66.1 Å². The maximum atomic E-state index is 5.71. The van der Waals surface area contributed by atoms with E-state index in [1.54, 1.807) is 0 Å². The lowest BCUT2D eigenvalue weighted by molar-refractivity contribution is -0.168. The normalized spacial score (nSPS) is 19.6. The number of aromatic nitrogens is 1. The van der Waals surface area contributed by atoms with E-state index in [1.165, 1.54) is 0 Å². The molecular weight excluding hydrogens is 308 g/mol. The minimum atomic E-state index is -0.365. The van der Waals surface area contributed by atoms with Gasteiger partial charge in [-0.25, -0.2) is 0 Å². The highest BCUT2D eigenvalue weighted by Gasteiger charge is 2.39. The zero-order valence-electron chi connectivity index (χ0n) is 13.4. The fourth-order valence-corrected chi connectivity index (χ4v) is 3.10. The fraction of sp³-hybridized carbons (Fsp3) is 0.444. The number of rotatable bonds is 4. The fourth-order valence-electron chi connectivity index (χ4n) is 3.10. The Morgan fingerprint density at radius 1 is 1.08 bits per heavy atom. The van der Waals surface area contributed by atoms with Gasteiger partial charge in [0.25, 0.3) is 0 Å². The second-order valence-corrected chi connectivity index (χ2v) is 6.09. The second kappa shape index (κ2) is 6.75. The summed E-state index contributed by atoms with van der Waals surface area (Å²) in [5.41, 5.74) is 2.77. The standard InChI is InChI=1S/C18H20N2O4/c1-2-4-14(5-3-1)17-12-16(20-24-17)13-23-19-15-6-8-18(9-7-15)21-10-11-22-18/h1-5,12H,6-11,13H2. The molecule has 0 atom stereocenters. The Bertz CT molecular complexity index is 693. The second-order valence-electron chi connectivity index (χ2n) is 6.09. The van der Waals surface area contributed by atoms with Gasteiger partial charge < -0.3 is 18.8 Å². The number of ether oxygens (including phenoxy) is 2. The molecule has 2 aliphatic rings. The third-order valence-corrected chi connectivity index (χ3v) is 4.43. The Balaban J connectivity index is 1.29. The van der Waals surface area contributed by atoms with Crippen molar-refractivity contribution in [3.05, 3.63) is 42.1 Å². The van der Waals surface area contributed by atoms with Gasteiger partial charge in [-0.15, -0.1) is 0 Å². The maximum absolute atomic E-state index is 5.71. The molecule has 6 heteroatoms. The number of hydrogen-bond acceptors (Lipinski definition) is 6. The van der Waals surface area contributed by atoms with Crippen molar-refractivity contribution in [3.8, 4) is 11.3 Å². The van der Waals surface area contributed by atoms with Crippen LogP contribution >= 0.6 is 0 Å². The summed E-state index contributed by atoms with van der Waals surface area (Å²) in [5, 5.41) is 8.26. The summed E-state index contributed by atoms with van der Waals surface area (Å²) in [4.78, 5) is 5.44. The highest BCUT2D eigenvalue weighted by molar-refractivity contribution is 5.84. The largest absolute Gasteiger partial charge is 0.389 e. The van der Waals surface area contributed by atoms with Crippen molar-refractivity contribution in [2.75, 3.05) is 13.2 Å². The quantitative estimate of drug-likeness (QED) is 0.803. The minimum absolute atomic E-state index is 0.304. The Labute approximate surface area is 140 Å². The molecule has 2 aromatic rings. The molecule has 0 amide bonds. The van der Waals surface area contributed by atoms with Crippen LogP contribution in [0.5, 0.6) is 0 Å². The summed E-state index contributed by atoms with van der Waals surface area (Å²) in [5.74, 6) is 0.368. The molecule has 2 heterocycles. The number of hydrogen-bond donors (Lipinski definition) is 0. The van der Waals surface area contributed by atoms with Crippen molar-refractivity contribution in [2.24, 2.45) is 5.16 Å². The van der Waals surface area contributed by atoms with Crippen LogP contribution < -0.4 is 0 Å². The van der Waals surface area contributed by atoms with Crippen molar-refractivity contribution in [1.29, 1.82) is 0 Å². The van der Waals surface area contributed by atoms with E-state index in [1.807, 2.05) is 36.4 Å². The highest BCUT2D eigenvalue weighted by Crippen LogP contribution is 2.34. The van der Waals surface area contributed by atoms with Gasteiger partial charge in [0.1, 0.15) is 5.69 Å². The van der Waals surface area contributed by atoms with Gasteiger partial charge in [-0.1, -0.05) is 40.6 Å². The molecule has 1 aliphatic carbocycles. The molecule has 0 unspecified atom stereocenters. The van der Waals surface area contributed by atoms with E-state index in [9.17, 15) is 0 Å². The summed E-state index contributed by atoms with van der Waals surface area (Å²) in [7, 11) is 0. The van der Waals surface area contributed by atoms with Crippen LogP contribution in [-0.4, -0.2) is 29.9 Å². The smallest absolute Gasteiger partial charge is 0.169 e. The molecule has 1 aromatic heterocycles. The lowest BCUT2D eigenvalue weighted by atomic mass is 9.92. The van der Waals surface area contributed by atoms with Crippen LogP contribution in [0.1, 0.15) is 31.4 Å². The Morgan fingerprint density at radius 3 is 2.58 bits per heavy atom. The predicted molar refractivity (Wildman–Crippen MR) is 87.3 cm³/mol. The number of benzene rings is 1. The first-order valence-corrected chi connectivity index (χ1v) is 8.30. The van der Waals surface area contributed by atoms with Crippen LogP contribution in [0.2, 0.25) is 0 Å². The molecule has 1 aliphatic heterocycles. The first-order valence-electron chi connectivity index (χ1n) is 8.30. The van der Waals surface area contributed by atoms with Gasteiger partial charge in [-0.05, 0) is 12.8 Å². The Hall–Kier alpha value is -2.18. The van der Waals surface area contributed by atoms with E-state index >= 15 is 0 Å². The van der Waals surface area contributed by atoms with Crippen LogP contribution in [0.3, 0.4) is 0 Å². The van der Waals surface area contributed by atoms with Gasteiger partial charge in [0.15, 0.2) is 18.2 Å². The van der Waals surface area contributed by atoms with Crippen molar-refractivity contribution in [3.63, 3.8) is 0 Å². The van der Waals surface area contributed by atoms with Gasteiger partial charge in [0.05, 0.1) is 18.9 Å². The molecule has 24 heavy (non-hydrogen) atoms. The van der Waals surface area contributed by atoms with Gasteiger partial charge in [0.2, 0.25) is 0 Å². The maximum Gasteiger partial charge on any atom is 0.169 e. The van der Waals surface area contributed by atoms with E-state index in [4.69, 9.17) is 18.8 Å². The summed E-state index contributed by atoms with van der Waals surface area (Å²) < 4.78 is 16.8. The molecule has 6 nitrogen and oxygen atoms in total. The molecule has 0 radical (unpaired) electrons. The summed E-state index contributed by atoms with van der Waals surface area (Å²) in [6.07, 6.45) is 3.37. The summed E-state index contributed by atoms with van der Waals surface area (Å²) in [6, 6.07) is 11.7. The van der Waals surface area contributed by atoms with Gasteiger partial charge >= 0.3 is 0 Å². The molecule has 2 fully saturated rings. The number of nitrogens with zero attached hydrogens (tertiary/aromatic N) is 2. The highest BCUT2D eigenvalue weighted by atomic mass is 16.7. The van der Waals surface area contributed by atoms with Crippen LogP contribution in [0.15, 0.2) is 46.1 Å². The Kier molecular flexibility index (Phi) is 4.32. The third kappa shape index (κ3) is 3.34. The van der Waals surface area contributed by atoms with Crippen LogP contribution in [0, 0.1) is 0 Å². The molecule has 4 rings (SSSR count). The van der Waals surface area contributed by atoms with E-state index in [0.29, 0.717) is 19.8 Å². The monoisotopic (exact) mass is 328 g/mol. The van der Waals surface area contributed by atoms with Crippen molar-refractivity contribution in [2.45, 2.75) is 38.1 Å². The SMILES string of the molecule is c1ccc(-c2cc(CON=C3CCC4(CC3)OCCO4)no2)cc1. The molecule has 1 saturated heterocycles. The zero-order chi connectivity index (χ0) is 16.2. The van der Waals surface area contributed by atoms with E-state index < -0.39 is 0 Å². The lowest BCUT2D eigenvalue weighted by Gasteiger charge is -2.31. The molecule has 0 N–H and O–H groups in total. The minimum Gasteiger partial charge on any atom is -0.389 e. The first-order chi connectivity index (χ1) is 11.8. The lowest BCUT2D eigenvalue weighted by Crippen LogP contribution is -2.35. The number of oxime groups is 1. The molecule has 1 saturated carbocycles.